The van der Waals surface area contributed by atoms with E-state index in [4.69, 9.17) is 16.6 Å². The van der Waals surface area contributed by atoms with Gasteiger partial charge in [-0.3, -0.25) is 4.98 Å². The largest absolute Gasteiger partial charge is 0.508 e. The van der Waals surface area contributed by atoms with Gasteiger partial charge in [-0.2, -0.15) is 0 Å². The number of halogens is 1. The lowest BCUT2D eigenvalue weighted by molar-refractivity contribution is 0.439. The van der Waals surface area contributed by atoms with Crippen LogP contribution in [0.25, 0.3) is 11.3 Å². The fourth-order valence-electron chi connectivity index (χ4n) is 3.82. The van der Waals surface area contributed by atoms with Gasteiger partial charge in [0.05, 0.1) is 11.7 Å². The van der Waals surface area contributed by atoms with Crippen LogP contribution in [0.5, 0.6) is 5.75 Å². The van der Waals surface area contributed by atoms with Gasteiger partial charge < -0.3 is 19.7 Å². The van der Waals surface area contributed by atoms with Crippen molar-refractivity contribution in [3.63, 3.8) is 0 Å². The summed E-state index contributed by atoms with van der Waals surface area (Å²) in [5.74, 6) is 1.76. The van der Waals surface area contributed by atoms with Crippen LogP contribution in [0, 0.1) is 0 Å². The van der Waals surface area contributed by atoms with Gasteiger partial charge in [0.2, 0.25) is 0 Å². The van der Waals surface area contributed by atoms with Gasteiger partial charge in [0.15, 0.2) is 5.11 Å². The van der Waals surface area contributed by atoms with E-state index in [-0.39, 0.29) is 17.8 Å². The van der Waals surface area contributed by atoms with Crippen LogP contribution in [0.15, 0.2) is 93.9 Å². The van der Waals surface area contributed by atoms with Crippen LogP contribution in [0.4, 0.5) is 5.69 Å². The molecule has 2 aromatic heterocycles. The molecule has 0 amide bonds. The fourth-order valence-corrected chi connectivity index (χ4v) is 4.43. The van der Waals surface area contributed by atoms with Crippen LogP contribution < -0.4 is 10.2 Å². The van der Waals surface area contributed by atoms with Gasteiger partial charge >= 0.3 is 0 Å². The Labute approximate surface area is 193 Å². The SMILES string of the molecule is Oc1ccc(N2C(=S)N[C@@H](c3ccccn3)[C@H]2c2ccc(-c3ccc(Br)cc3)o2)cc1. The molecule has 0 spiro atoms. The average Bonchev–Trinajstić information content (AvgIpc) is 3.40. The lowest BCUT2D eigenvalue weighted by atomic mass is 10.0. The molecule has 2 aromatic carbocycles. The van der Waals surface area contributed by atoms with E-state index in [1.807, 2.05) is 71.6 Å². The summed E-state index contributed by atoms with van der Waals surface area (Å²) < 4.78 is 7.35. The Kier molecular flexibility index (Phi) is 5.21. The Hall–Kier alpha value is -3.16. The number of hydrogen-bond donors (Lipinski definition) is 2. The van der Waals surface area contributed by atoms with Gasteiger partial charge in [-0.15, -0.1) is 0 Å². The zero-order valence-corrected chi connectivity index (χ0v) is 18.7. The number of anilines is 1. The number of nitrogens with one attached hydrogen (secondary N) is 1. The van der Waals surface area contributed by atoms with E-state index >= 15 is 0 Å². The Morgan fingerprint density at radius 2 is 1.74 bits per heavy atom. The molecule has 0 aliphatic carbocycles. The molecule has 5 rings (SSSR count). The van der Waals surface area contributed by atoms with E-state index in [1.54, 1.807) is 18.3 Å². The number of nitrogens with zero attached hydrogens (tertiary/aromatic N) is 2. The Bertz CT molecular complexity index is 1210. The van der Waals surface area contributed by atoms with E-state index in [2.05, 4.69) is 26.2 Å². The third-order valence-corrected chi connectivity index (χ3v) is 6.12. The highest BCUT2D eigenvalue weighted by Crippen LogP contribution is 2.43. The first kappa shape index (κ1) is 19.8. The van der Waals surface area contributed by atoms with Crippen molar-refractivity contribution in [3.8, 4) is 17.1 Å². The zero-order valence-electron chi connectivity index (χ0n) is 16.3. The maximum absolute atomic E-state index is 9.73. The molecule has 2 atom stereocenters. The molecule has 1 aliphatic rings. The van der Waals surface area contributed by atoms with E-state index in [0.29, 0.717) is 5.11 Å². The van der Waals surface area contributed by atoms with Gasteiger partial charge in [0, 0.05) is 21.9 Å². The van der Waals surface area contributed by atoms with Crippen LogP contribution in [0.1, 0.15) is 23.5 Å². The molecule has 0 unspecified atom stereocenters. The smallest absolute Gasteiger partial charge is 0.174 e. The van der Waals surface area contributed by atoms with Crippen molar-refractivity contribution >= 4 is 38.9 Å². The second-order valence-electron chi connectivity index (χ2n) is 7.22. The molecule has 7 heteroatoms. The number of furan rings is 1. The van der Waals surface area contributed by atoms with Crippen molar-refractivity contribution in [1.82, 2.24) is 10.3 Å². The number of aromatic hydroxyl groups is 1. The molecule has 1 aliphatic heterocycles. The molecule has 3 heterocycles. The topological polar surface area (TPSA) is 61.5 Å². The molecule has 1 saturated heterocycles. The highest BCUT2D eigenvalue weighted by atomic mass is 79.9. The zero-order chi connectivity index (χ0) is 21.4. The lowest BCUT2D eigenvalue weighted by Gasteiger charge is -2.26. The quantitative estimate of drug-likeness (QED) is 0.342. The van der Waals surface area contributed by atoms with Gasteiger partial charge in [0.25, 0.3) is 0 Å². The minimum absolute atomic E-state index is 0.188. The van der Waals surface area contributed by atoms with E-state index in [1.165, 1.54) is 0 Å². The summed E-state index contributed by atoms with van der Waals surface area (Å²) in [5.41, 5.74) is 2.73. The molecule has 0 bridgehead atoms. The number of thiocarbonyl (C=S) groups is 1. The molecule has 0 saturated carbocycles. The number of pyridine rings is 1. The van der Waals surface area contributed by atoms with Crippen molar-refractivity contribution in [3.05, 3.63) is 101 Å². The first-order valence-electron chi connectivity index (χ1n) is 9.75. The number of hydrogen-bond acceptors (Lipinski definition) is 4. The maximum atomic E-state index is 9.73. The average molecular weight is 492 g/mol. The third-order valence-electron chi connectivity index (χ3n) is 5.27. The molecule has 0 radical (unpaired) electrons. The van der Waals surface area contributed by atoms with Gasteiger partial charge in [-0.05, 0) is 72.9 Å². The van der Waals surface area contributed by atoms with Crippen molar-refractivity contribution in [1.29, 1.82) is 0 Å². The number of benzene rings is 2. The summed E-state index contributed by atoms with van der Waals surface area (Å²) in [5, 5.41) is 13.7. The Balaban J connectivity index is 1.59. The van der Waals surface area contributed by atoms with Crippen molar-refractivity contribution in [2.24, 2.45) is 0 Å². The minimum Gasteiger partial charge on any atom is -0.508 e. The Morgan fingerprint density at radius 3 is 2.45 bits per heavy atom. The molecular formula is C24H18BrN3O2S. The van der Waals surface area contributed by atoms with Crippen molar-refractivity contribution < 1.29 is 9.52 Å². The standard InChI is InChI=1S/C24H18BrN3O2S/c25-16-6-4-15(5-7-16)20-12-13-21(30-20)23-22(19-3-1-2-14-26-19)27-24(31)28(23)17-8-10-18(29)11-9-17/h1-14,22-23,29H,(H,27,31)/t22-,23+/m0/s1. The molecule has 154 valence electrons. The van der Waals surface area contributed by atoms with Gasteiger partial charge in [-0.1, -0.05) is 34.1 Å². The predicted octanol–water partition coefficient (Wildman–Crippen LogP) is 5.99. The van der Waals surface area contributed by atoms with Crippen LogP contribution in [-0.4, -0.2) is 15.2 Å². The van der Waals surface area contributed by atoms with E-state index < -0.39 is 0 Å². The number of phenols is 1. The van der Waals surface area contributed by atoms with Crippen molar-refractivity contribution in [2.45, 2.75) is 12.1 Å². The monoisotopic (exact) mass is 491 g/mol. The van der Waals surface area contributed by atoms with Crippen LogP contribution in [0.3, 0.4) is 0 Å². The van der Waals surface area contributed by atoms with E-state index in [0.717, 1.165) is 32.9 Å². The maximum Gasteiger partial charge on any atom is 0.174 e. The number of rotatable bonds is 4. The van der Waals surface area contributed by atoms with Gasteiger partial charge in [-0.25, -0.2) is 0 Å². The number of phenolic OH excluding ortho intramolecular Hbond substituents is 1. The summed E-state index contributed by atoms with van der Waals surface area (Å²) >= 11 is 9.17. The highest BCUT2D eigenvalue weighted by molar-refractivity contribution is 9.10. The van der Waals surface area contributed by atoms with Gasteiger partial charge in [0.1, 0.15) is 23.3 Å². The predicted molar refractivity (Wildman–Crippen MR) is 128 cm³/mol. The summed E-state index contributed by atoms with van der Waals surface area (Å²) in [4.78, 5) is 6.56. The lowest BCUT2D eigenvalue weighted by Crippen LogP contribution is -2.29. The van der Waals surface area contributed by atoms with Crippen LogP contribution in [-0.2, 0) is 0 Å². The first-order valence-corrected chi connectivity index (χ1v) is 11.0. The first-order chi connectivity index (χ1) is 15.1. The number of aromatic nitrogens is 1. The highest BCUT2D eigenvalue weighted by Gasteiger charge is 2.42. The molecular weight excluding hydrogens is 474 g/mol. The van der Waals surface area contributed by atoms with Crippen LogP contribution >= 0.6 is 28.1 Å². The fraction of sp³-hybridized carbons (Fsp3) is 0.0833. The Morgan fingerprint density at radius 1 is 0.968 bits per heavy atom. The molecule has 5 nitrogen and oxygen atoms in total. The second-order valence-corrected chi connectivity index (χ2v) is 8.52. The molecule has 2 N–H and O–H groups in total. The summed E-state index contributed by atoms with van der Waals surface area (Å²) in [7, 11) is 0. The molecule has 31 heavy (non-hydrogen) atoms. The molecule has 1 fully saturated rings. The van der Waals surface area contributed by atoms with Crippen molar-refractivity contribution in [2.75, 3.05) is 4.90 Å². The summed E-state index contributed by atoms with van der Waals surface area (Å²) in [6, 6.07) is 24.4. The minimum atomic E-state index is -0.240. The normalized spacial score (nSPS) is 18.2. The third kappa shape index (κ3) is 3.82. The molecule has 4 aromatic rings. The summed E-state index contributed by atoms with van der Waals surface area (Å²) in [6.45, 7) is 0. The summed E-state index contributed by atoms with van der Waals surface area (Å²) in [6.07, 6.45) is 1.77. The van der Waals surface area contributed by atoms with E-state index in [9.17, 15) is 5.11 Å². The van der Waals surface area contributed by atoms with Crippen LogP contribution in [0.2, 0.25) is 0 Å². The second kappa shape index (κ2) is 8.17.